The summed E-state index contributed by atoms with van der Waals surface area (Å²) >= 11 is 3.28. The highest BCUT2D eigenvalue weighted by molar-refractivity contribution is 9.10. The summed E-state index contributed by atoms with van der Waals surface area (Å²) in [6.07, 6.45) is 1.54. The Hall–Kier alpha value is -3.19. The SMILES string of the molecule is Cc1cccc(NC(=O)c2ccccc2NC(=O)Cn2cc(Br)ccc2=O)c1. The quantitative estimate of drug-likeness (QED) is 0.633. The number of hydrogen-bond acceptors (Lipinski definition) is 3. The molecule has 2 N–H and O–H groups in total. The number of carbonyl (C=O) groups is 2. The summed E-state index contributed by atoms with van der Waals surface area (Å²) in [5, 5.41) is 5.54. The van der Waals surface area contributed by atoms with E-state index in [9.17, 15) is 14.4 Å². The number of rotatable bonds is 5. The Kier molecular flexibility index (Phi) is 6.06. The lowest BCUT2D eigenvalue weighted by molar-refractivity contribution is -0.116. The molecule has 0 saturated carbocycles. The second-order valence-electron chi connectivity index (χ2n) is 6.23. The number of aromatic nitrogens is 1. The Morgan fingerprint density at radius 3 is 2.57 bits per heavy atom. The van der Waals surface area contributed by atoms with Crippen LogP contribution in [0.1, 0.15) is 15.9 Å². The minimum atomic E-state index is -0.406. The van der Waals surface area contributed by atoms with E-state index in [1.807, 2.05) is 25.1 Å². The predicted octanol–water partition coefficient (Wildman–Crippen LogP) is 3.81. The van der Waals surface area contributed by atoms with Crippen LogP contribution >= 0.6 is 15.9 Å². The number of pyridine rings is 1. The van der Waals surface area contributed by atoms with Gasteiger partial charge in [-0.1, -0.05) is 24.3 Å². The summed E-state index contributed by atoms with van der Waals surface area (Å²) < 4.78 is 1.98. The minimum Gasteiger partial charge on any atom is -0.324 e. The van der Waals surface area contributed by atoms with Crippen molar-refractivity contribution in [1.29, 1.82) is 0 Å². The molecule has 3 aromatic rings. The number of benzene rings is 2. The highest BCUT2D eigenvalue weighted by Crippen LogP contribution is 2.18. The molecular weight excluding hydrogens is 422 g/mol. The molecule has 1 heterocycles. The van der Waals surface area contributed by atoms with Gasteiger partial charge in [0.2, 0.25) is 5.91 Å². The molecule has 28 heavy (non-hydrogen) atoms. The van der Waals surface area contributed by atoms with Gasteiger partial charge in [0.25, 0.3) is 11.5 Å². The Labute approximate surface area is 170 Å². The van der Waals surface area contributed by atoms with Crippen molar-refractivity contribution >= 4 is 39.1 Å². The molecule has 142 valence electrons. The van der Waals surface area contributed by atoms with Crippen molar-refractivity contribution in [1.82, 2.24) is 4.57 Å². The van der Waals surface area contributed by atoms with Gasteiger partial charge in [-0.3, -0.25) is 14.4 Å². The first-order chi connectivity index (χ1) is 13.4. The fourth-order valence-electron chi connectivity index (χ4n) is 2.68. The number of aryl methyl sites for hydroxylation is 1. The second-order valence-corrected chi connectivity index (χ2v) is 7.15. The highest BCUT2D eigenvalue weighted by Gasteiger charge is 2.14. The lowest BCUT2D eigenvalue weighted by atomic mass is 10.1. The third kappa shape index (κ3) is 4.95. The van der Waals surface area contributed by atoms with E-state index in [1.165, 1.54) is 16.8 Å². The van der Waals surface area contributed by atoms with E-state index in [4.69, 9.17) is 0 Å². The number of anilines is 2. The average Bonchev–Trinajstić information content (AvgIpc) is 2.65. The van der Waals surface area contributed by atoms with Crippen LogP contribution in [0.3, 0.4) is 0 Å². The van der Waals surface area contributed by atoms with Crippen molar-refractivity contribution < 1.29 is 9.59 Å². The van der Waals surface area contributed by atoms with Crippen LogP contribution in [-0.2, 0) is 11.3 Å². The van der Waals surface area contributed by atoms with Crippen molar-refractivity contribution in [2.75, 3.05) is 10.6 Å². The first-order valence-corrected chi connectivity index (χ1v) is 9.34. The maximum Gasteiger partial charge on any atom is 0.257 e. The maximum absolute atomic E-state index is 12.7. The maximum atomic E-state index is 12.7. The molecule has 0 atom stereocenters. The molecule has 3 rings (SSSR count). The Bertz CT molecular complexity index is 1090. The van der Waals surface area contributed by atoms with Crippen LogP contribution in [0, 0.1) is 6.92 Å². The van der Waals surface area contributed by atoms with E-state index in [0.29, 0.717) is 21.4 Å². The lowest BCUT2D eigenvalue weighted by Crippen LogP contribution is -2.27. The molecule has 0 radical (unpaired) electrons. The monoisotopic (exact) mass is 439 g/mol. The van der Waals surface area contributed by atoms with Crippen LogP contribution in [-0.4, -0.2) is 16.4 Å². The smallest absolute Gasteiger partial charge is 0.257 e. The Balaban J connectivity index is 1.76. The van der Waals surface area contributed by atoms with Gasteiger partial charge in [-0.25, -0.2) is 0 Å². The number of para-hydroxylation sites is 1. The number of carbonyl (C=O) groups excluding carboxylic acids is 2. The molecule has 0 aliphatic carbocycles. The van der Waals surface area contributed by atoms with E-state index in [1.54, 1.807) is 36.4 Å². The third-order valence-corrected chi connectivity index (χ3v) is 4.45. The van der Waals surface area contributed by atoms with Crippen LogP contribution in [0.2, 0.25) is 0 Å². The number of nitrogens with zero attached hydrogens (tertiary/aromatic N) is 1. The molecule has 0 fully saturated rings. The van der Waals surface area contributed by atoms with Crippen LogP contribution in [0.15, 0.2) is 76.1 Å². The number of hydrogen-bond donors (Lipinski definition) is 2. The van der Waals surface area contributed by atoms with Gasteiger partial charge in [-0.05, 0) is 58.7 Å². The summed E-state index contributed by atoms with van der Waals surface area (Å²) in [6.45, 7) is 1.78. The summed E-state index contributed by atoms with van der Waals surface area (Å²) in [6, 6.07) is 17.2. The van der Waals surface area contributed by atoms with Crippen molar-refractivity contribution in [3.8, 4) is 0 Å². The number of halogens is 1. The molecular formula is C21H18BrN3O3. The standard InChI is InChI=1S/C21H18BrN3O3/c1-14-5-4-6-16(11-14)23-21(28)17-7-2-3-8-18(17)24-19(26)13-25-12-15(22)9-10-20(25)27/h2-12H,13H2,1H3,(H,23,28)(H,24,26). The molecule has 2 aromatic carbocycles. The molecule has 1 aromatic heterocycles. The van der Waals surface area contributed by atoms with E-state index >= 15 is 0 Å². The first-order valence-electron chi connectivity index (χ1n) is 8.55. The van der Waals surface area contributed by atoms with E-state index in [0.717, 1.165) is 5.56 Å². The van der Waals surface area contributed by atoms with Crippen LogP contribution in [0.4, 0.5) is 11.4 Å². The fourth-order valence-corrected chi connectivity index (χ4v) is 3.06. The zero-order valence-corrected chi connectivity index (χ0v) is 16.7. The van der Waals surface area contributed by atoms with Crippen molar-refractivity contribution in [3.63, 3.8) is 0 Å². The zero-order chi connectivity index (χ0) is 20.1. The lowest BCUT2D eigenvalue weighted by Gasteiger charge is -2.12. The van der Waals surface area contributed by atoms with Gasteiger partial charge in [0.1, 0.15) is 6.54 Å². The van der Waals surface area contributed by atoms with Gasteiger partial charge >= 0.3 is 0 Å². The molecule has 0 unspecified atom stereocenters. The average molecular weight is 440 g/mol. The third-order valence-electron chi connectivity index (χ3n) is 3.98. The van der Waals surface area contributed by atoms with Crippen molar-refractivity contribution in [2.24, 2.45) is 0 Å². The van der Waals surface area contributed by atoms with Gasteiger partial charge in [-0.2, -0.15) is 0 Å². The number of amides is 2. The molecule has 0 aliphatic heterocycles. The first kappa shape index (κ1) is 19.6. The van der Waals surface area contributed by atoms with Crippen LogP contribution < -0.4 is 16.2 Å². The molecule has 0 aliphatic rings. The van der Waals surface area contributed by atoms with Gasteiger partial charge in [0, 0.05) is 22.4 Å². The van der Waals surface area contributed by atoms with Gasteiger partial charge < -0.3 is 15.2 Å². The van der Waals surface area contributed by atoms with Crippen molar-refractivity contribution in [2.45, 2.75) is 13.5 Å². The minimum absolute atomic E-state index is 0.161. The molecule has 0 saturated heterocycles. The normalized spacial score (nSPS) is 10.4. The van der Waals surface area contributed by atoms with E-state index in [-0.39, 0.29) is 18.0 Å². The summed E-state index contributed by atoms with van der Waals surface area (Å²) in [7, 11) is 0. The largest absolute Gasteiger partial charge is 0.324 e. The molecule has 0 bridgehead atoms. The Morgan fingerprint density at radius 1 is 1.00 bits per heavy atom. The summed E-state index contributed by atoms with van der Waals surface area (Å²) in [5.41, 5.74) is 2.12. The Morgan fingerprint density at radius 2 is 1.79 bits per heavy atom. The highest BCUT2D eigenvalue weighted by atomic mass is 79.9. The fraction of sp³-hybridized carbons (Fsp3) is 0.0952. The van der Waals surface area contributed by atoms with Gasteiger partial charge in [0.05, 0.1) is 11.3 Å². The molecule has 0 spiro atoms. The molecule has 2 amide bonds. The second kappa shape index (κ2) is 8.67. The molecule has 6 nitrogen and oxygen atoms in total. The molecule has 7 heteroatoms. The van der Waals surface area contributed by atoms with E-state index in [2.05, 4.69) is 26.6 Å². The van der Waals surface area contributed by atoms with Crippen LogP contribution in [0.5, 0.6) is 0 Å². The predicted molar refractivity (Wildman–Crippen MR) is 113 cm³/mol. The summed E-state index contributed by atoms with van der Waals surface area (Å²) in [4.78, 5) is 36.9. The van der Waals surface area contributed by atoms with Gasteiger partial charge in [-0.15, -0.1) is 0 Å². The van der Waals surface area contributed by atoms with Crippen LogP contribution in [0.25, 0.3) is 0 Å². The zero-order valence-electron chi connectivity index (χ0n) is 15.1. The number of nitrogens with one attached hydrogen (secondary N) is 2. The topological polar surface area (TPSA) is 80.2 Å². The van der Waals surface area contributed by atoms with Crippen molar-refractivity contribution in [3.05, 3.63) is 92.8 Å². The van der Waals surface area contributed by atoms with E-state index < -0.39 is 5.91 Å². The van der Waals surface area contributed by atoms with Gasteiger partial charge in [0.15, 0.2) is 0 Å². The summed E-state index contributed by atoms with van der Waals surface area (Å²) in [5.74, 6) is -0.739.